The minimum Gasteiger partial charge on any atom is -0.494 e. The van der Waals surface area contributed by atoms with Crippen LogP contribution in [0.1, 0.15) is 0 Å². The summed E-state index contributed by atoms with van der Waals surface area (Å²) < 4.78 is 18.4. The Labute approximate surface area is 82.6 Å². The van der Waals surface area contributed by atoms with Crippen LogP contribution in [0, 0.1) is 9.39 Å². The normalized spacial score (nSPS) is 9.82. The van der Waals surface area contributed by atoms with Gasteiger partial charge in [-0.1, -0.05) is 11.6 Å². The van der Waals surface area contributed by atoms with Crippen molar-refractivity contribution < 1.29 is 9.13 Å². The Morgan fingerprint density at radius 3 is 2.73 bits per heavy atom. The first-order valence-electron chi connectivity index (χ1n) is 2.84. The summed E-state index contributed by atoms with van der Waals surface area (Å²) in [6, 6.07) is 3.24. The first kappa shape index (κ1) is 9.06. The first-order valence-corrected chi connectivity index (χ1v) is 4.30. The number of halogens is 3. The molecule has 0 amide bonds. The molecule has 4 heteroatoms. The average Bonchev–Trinajstić information content (AvgIpc) is 2.01. The van der Waals surface area contributed by atoms with E-state index in [2.05, 4.69) is 0 Å². The monoisotopic (exact) mass is 286 g/mol. The van der Waals surface area contributed by atoms with Gasteiger partial charge in [-0.15, -0.1) is 0 Å². The zero-order valence-electron chi connectivity index (χ0n) is 5.70. The van der Waals surface area contributed by atoms with Crippen LogP contribution < -0.4 is 4.74 Å². The van der Waals surface area contributed by atoms with Gasteiger partial charge in [-0.2, -0.15) is 0 Å². The van der Waals surface area contributed by atoms with Crippen molar-refractivity contribution in [3.05, 3.63) is 26.5 Å². The average molecular weight is 286 g/mol. The molecule has 1 aromatic carbocycles. The van der Waals surface area contributed by atoms with Crippen LogP contribution in [0.5, 0.6) is 5.75 Å². The molecule has 11 heavy (non-hydrogen) atoms. The maximum atomic E-state index is 13.0. The first-order chi connectivity index (χ1) is 5.16. The molecule has 0 saturated carbocycles. The highest BCUT2D eigenvalue weighted by Gasteiger charge is 2.09. The summed E-state index contributed by atoms with van der Waals surface area (Å²) in [6.45, 7) is 0. The number of hydrogen-bond acceptors (Lipinski definition) is 1. The highest BCUT2D eigenvalue weighted by Crippen LogP contribution is 2.28. The number of ether oxygens (including phenoxy) is 1. The maximum absolute atomic E-state index is 13.0. The van der Waals surface area contributed by atoms with Crippen molar-refractivity contribution in [2.24, 2.45) is 0 Å². The fraction of sp³-hybridized carbons (Fsp3) is 0.143. The number of hydrogen-bond donors (Lipinski definition) is 0. The number of rotatable bonds is 1. The van der Waals surface area contributed by atoms with Crippen LogP contribution >= 0.6 is 34.2 Å². The third kappa shape index (κ3) is 1.76. The smallest absolute Gasteiger partial charge is 0.184 e. The lowest BCUT2D eigenvalue weighted by atomic mass is 10.3. The number of benzene rings is 1. The third-order valence-corrected chi connectivity index (χ3v) is 2.81. The zero-order chi connectivity index (χ0) is 8.43. The standard InChI is InChI=1S/C7H5ClFIO/c1-11-5-3-2-4(10)6(8)7(5)9/h2-3H,1H3. The lowest BCUT2D eigenvalue weighted by Crippen LogP contribution is -1.89. The van der Waals surface area contributed by atoms with Crippen molar-refractivity contribution in [2.45, 2.75) is 0 Å². The van der Waals surface area contributed by atoms with Crippen molar-refractivity contribution in [3.63, 3.8) is 0 Å². The SMILES string of the molecule is COc1ccc(I)c(Cl)c1F. The highest BCUT2D eigenvalue weighted by atomic mass is 127. The Bertz CT molecular complexity index is 277. The molecule has 0 spiro atoms. The summed E-state index contributed by atoms with van der Waals surface area (Å²) in [5.74, 6) is -0.323. The van der Waals surface area contributed by atoms with Gasteiger partial charge >= 0.3 is 0 Å². The van der Waals surface area contributed by atoms with Crippen LogP contribution in [0.3, 0.4) is 0 Å². The second kappa shape index (κ2) is 3.58. The van der Waals surface area contributed by atoms with Gasteiger partial charge in [-0.3, -0.25) is 0 Å². The summed E-state index contributed by atoms with van der Waals surface area (Å²) in [5, 5.41) is 0.116. The molecule has 0 fully saturated rings. The number of methoxy groups -OCH3 is 1. The molecule has 0 heterocycles. The van der Waals surface area contributed by atoms with Gasteiger partial charge in [0.1, 0.15) is 0 Å². The van der Waals surface area contributed by atoms with Crippen LogP contribution in [-0.2, 0) is 0 Å². The van der Waals surface area contributed by atoms with Crippen molar-refractivity contribution in [1.29, 1.82) is 0 Å². The van der Waals surface area contributed by atoms with Crippen molar-refractivity contribution in [2.75, 3.05) is 7.11 Å². The van der Waals surface area contributed by atoms with E-state index in [4.69, 9.17) is 16.3 Å². The summed E-state index contributed by atoms with van der Waals surface area (Å²) in [7, 11) is 1.40. The van der Waals surface area contributed by atoms with Gasteiger partial charge in [0.2, 0.25) is 0 Å². The van der Waals surface area contributed by atoms with E-state index in [1.165, 1.54) is 7.11 Å². The van der Waals surface area contributed by atoms with E-state index in [1.54, 1.807) is 12.1 Å². The Morgan fingerprint density at radius 1 is 1.55 bits per heavy atom. The predicted octanol–water partition coefficient (Wildman–Crippen LogP) is 3.09. The van der Waals surface area contributed by atoms with Gasteiger partial charge in [0.25, 0.3) is 0 Å². The molecular weight excluding hydrogens is 281 g/mol. The largest absolute Gasteiger partial charge is 0.494 e. The predicted molar refractivity (Wildman–Crippen MR) is 50.7 cm³/mol. The fourth-order valence-electron chi connectivity index (χ4n) is 0.666. The molecule has 0 saturated heterocycles. The highest BCUT2D eigenvalue weighted by molar-refractivity contribution is 14.1. The zero-order valence-corrected chi connectivity index (χ0v) is 8.61. The summed E-state index contributed by atoms with van der Waals surface area (Å²) in [6.07, 6.45) is 0. The molecule has 1 rings (SSSR count). The van der Waals surface area contributed by atoms with E-state index in [-0.39, 0.29) is 10.8 Å². The molecule has 0 aliphatic carbocycles. The van der Waals surface area contributed by atoms with E-state index in [9.17, 15) is 4.39 Å². The Morgan fingerprint density at radius 2 is 2.18 bits per heavy atom. The summed E-state index contributed by atoms with van der Waals surface area (Å²) in [4.78, 5) is 0. The van der Waals surface area contributed by atoms with Gasteiger partial charge in [0.15, 0.2) is 11.6 Å². The van der Waals surface area contributed by atoms with Crippen LogP contribution in [0.25, 0.3) is 0 Å². The van der Waals surface area contributed by atoms with E-state index in [1.807, 2.05) is 22.6 Å². The molecule has 60 valence electrons. The minimum absolute atomic E-state index is 0.116. The van der Waals surface area contributed by atoms with E-state index in [0.717, 1.165) is 0 Å². The van der Waals surface area contributed by atoms with Crippen molar-refractivity contribution >= 4 is 34.2 Å². The van der Waals surface area contributed by atoms with Crippen molar-refractivity contribution in [1.82, 2.24) is 0 Å². The summed E-state index contributed by atoms with van der Waals surface area (Å²) in [5.41, 5.74) is 0. The summed E-state index contributed by atoms with van der Waals surface area (Å²) >= 11 is 7.55. The molecule has 0 aliphatic rings. The minimum atomic E-state index is -0.499. The van der Waals surface area contributed by atoms with Gasteiger partial charge in [-0.25, -0.2) is 4.39 Å². The van der Waals surface area contributed by atoms with Gasteiger partial charge in [-0.05, 0) is 34.7 Å². The maximum Gasteiger partial charge on any atom is 0.184 e. The van der Waals surface area contributed by atoms with Gasteiger partial charge in [0.05, 0.1) is 12.1 Å². The Balaban J connectivity index is 3.25. The van der Waals surface area contributed by atoms with E-state index in [0.29, 0.717) is 3.57 Å². The Kier molecular flexibility index (Phi) is 2.95. The second-order valence-corrected chi connectivity index (χ2v) is 3.42. The van der Waals surface area contributed by atoms with Crippen LogP contribution in [-0.4, -0.2) is 7.11 Å². The topological polar surface area (TPSA) is 9.23 Å². The van der Waals surface area contributed by atoms with Crippen molar-refractivity contribution in [3.8, 4) is 5.75 Å². The molecule has 0 N–H and O–H groups in total. The third-order valence-electron chi connectivity index (χ3n) is 1.22. The Hall–Kier alpha value is -0.0300. The van der Waals surface area contributed by atoms with Crippen LogP contribution in [0.15, 0.2) is 12.1 Å². The van der Waals surface area contributed by atoms with E-state index < -0.39 is 5.82 Å². The van der Waals surface area contributed by atoms with E-state index >= 15 is 0 Å². The molecule has 0 aromatic heterocycles. The lowest BCUT2D eigenvalue weighted by molar-refractivity contribution is 0.386. The quantitative estimate of drug-likeness (QED) is 0.569. The molecule has 0 aliphatic heterocycles. The molecule has 1 nitrogen and oxygen atoms in total. The molecule has 0 radical (unpaired) electrons. The fourth-order valence-corrected chi connectivity index (χ4v) is 1.24. The molecular formula is C7H5ClFIO. The molecule has 0 unspecified atom stereocenters. The molecule has 0 bridgehead atoms. The van der Waals surface area contributed by atoms with Crippen LogP contribution in [0.2, 0.25) is 5.02 Å². The molecule has 1 aromatic rings. The second-order valence-electron chi connectivity index (χ2n) is 1.88. The van der Waals surface area contributed by atoms with Gasteiger partial charge < -0.3 is 4.74 Å². The lowest BCUT2D eigenvalue weighted by Gasteiger charge is -2.03. The van der Waals surface area contributed by atoms with Gasteiger partial charge in [0, 0.05) is 3.57 Å². The van der Waals surface area contributed by atoms with Crippen LogP contribution in [0.4, 0.5) is 4.39 Å². The molecule has 0 atom stereocenters.